The van der Waals surface area contributed by atoms with Crippen molar-refractivity contribution in [3.63, 3.8) is 0 Å². The summed E-state index contributed by atoms with van der Waals surface area (Å²) in [5, 5.41) is 25.8. The predicted molar refractivity (Wildman–Crippen MR) is 115 cm³/mol. The number of primary amides is 1. The van der Waals surface area contributed by atoms with Gasteiger partial charge in [0, 0.05) is 0 Å². The van der Waals surface area contributed by atoms with Gasteiger partial charge in [0.05, 0.1) is 12.5 Å². The van der Waals surface area contributed by atoms with E-state index in [1.165, 1.54) is 6.92 Å². The fraction of sp³-hybridized carbons (Fsp3) is 0.737. The summed E-state index contributed by atoms with van der Waals surface area (Å²) in [6.07, 6.45) is -0.587. The number of nitrogens with one attached hydrogen (secondary N) is 3. The molecule has 0 saturated carbocycles. The normalized spacial score (nSPS) is 15.7. The van der Waals surface area contributed by atoms with Crippen molar-refractivity contribution in [3.05, 3.63) is 0 Å². The average Bonchev–Trinajstić information content (AvgIpc) is 2.68. The molecule has 0 aromatic carbocycles. The summed E-state index contributed by atoms with van der Waals surface area (Å²) < 4.78 is 0. The number of carboxylic acid groups (broad SMARTS) is 1. The van der Waals surface area contributed by atoms with Crippen molar-refractivity contribution >= 4 is 29.6 Å². The molecule has 0 bridgehead atoms. The molecule has 0 aliphatic heterocycles. The number of unbranched alkanes of at least 4 members (excludes halogenated alkanes) is 1. The van der Waals surface area contributed by atoms with Crippen molar-refractivity contribution in [3.8, 4) is 0 Å². The molecule has 0 rings (SSSR count). The first kappa shape index (κ1) is 29.2. The number of rotatable bonds is 15. The fourth-order valence-corrected chi connectivity index (χ4v) is 2.70. The Bertz CT molecular complexity index is 671. The number of hydrogen-bond acceptors (Lipinski definition) is 8. The highest BCUT2D eigenvalue weighted by Crippen LogP contribution is 2.06. The van der Waals surface area contributed by atoms with E-state index in [0.717, 1.165) is 0 Å². The topological polar surface area (TPSA) is 240 Å². The molecule has 0 aliphatic carbocycles. The van der Waals surface area contributed by atoms with Crippen molar-refractivity contribution in [1.82, 2.24) is 16.0 Å². The Hall–Kier alpha value is -2.77. The van der Waals surface area contributed by atoms with Crippen LogP contribution in [0.15, 0.2) is 0 Å². The van der Waals surface area contributed by atoms with Crippen LogP contribution in [0, 0.1) is 5.92 Å². The van der Waals surface area contributed by atoms with E-state index in [1.54, 1.807) is 13.8 Å². The first-order chi connectivity index (χ1) is 14.8. The number of carbonyl (C=O) groups is 5. The first-order valence-corrected chi connectivity index (χ1v) is 10.4. The molecule has 0 heterocycles. The lowest BCUT2D eigenvalue weighted by molar-refractivity contribution is -0.143. The minimum absolute atomic E-state index is 0.149. The SMILES string of the molecule is CC(C)C(NC(=O)C(CC(N)=O)NC(=O)C(CCCCN)NC(=O)C(N)C(C)O)C(=O)O. The van der Waals surface area contributed by atoms with E-state index in [1.807, 2.05) is 0 Å². The van der Waals surface area contributed by atoms with E-state index in [4.69, 9.17) is 17.2 Å². The highest BCUT2D eigenvalue weighted by molar-refractivity contribution is 5.96. The molecule has 0 radical (unpaired) electrons. The molecule has 4 amide bonds. The summed E-state index contributed by atoms with van der Waals surface area (Å²) >= 11 is 0. The Morgan fingerprint density at radius 2 is 1.41 bits per heavy atom. The van der Waals surface area contributed by atoms with E-state index in [2.05, 4.69) is 16.0 Å². The molecule has 13 heteroatoms. The van der Waals surface area contributed by atoms with Crippen LogP contribution in [0.4, 0.5) is 0 Å². The van der Waals surface area contributed by atoms with Crippen molar-refractivity contribution in [2.75, 3.05) is 6.54 Å². The number of carbonyl (C=O) groups excluding carboxylic acids is 4. The molecular formula is C19H36N6O7. The molecule has 0 saturated heterocycles. The third-order valence-electron chi connectivity index (χ3n) is 4.67. The largest absolute Gasteiger partial charge is 0.480 e. The summed E-state index contributed by atoms with van der Waals surface area (Å²) in [6, 6.07) is -5.13. The maximum atomic E-state index is 12.8. The van der Waals surface area contributed by atoms with Gasteiger partial charge in [-0.3, -0.25) is 19.2 Å². The van der Waals surface area contributed by atoms with Gasteiger partial charge in [-0.15, -0.1) is 0 Å². The Labute approximate surface area is 186 Å². The van der Waals surface area contributed by atoms with Gasteiger partial charge in [-0.05, 0) is 38.6 Å². The molecule has 11 N–H and O–H groups in total. The predicted octanol–water partition coefficient (Wildman–Crippen LogP) is -3.11. The molecule has 0 spiro atoms. The molecule has 13 nitrogen and oxygen atoms in total. The van der Waals surface area contributed by atoms with Gasteiger partial charge in [0.1, 0.15) is 24.2 Å². The highest BCUT2D eigenvalue weighted by atomic mass is 16.4. The Morgan fingerprint density at radius 3 is 1.84 bits per heavy atom. The molecular weight excluding hydrogens is 424 g/mol. The lowest BCUT2D eigenvalue weighted by atomic mass is 10.0. The van der Waals surface area contributed by atoms with E-state index < -0.39 is 72.2 Å². The van der Waals surface area contributed by atoms with Crippen molar-refractivity contribution < 1.29 is 34.2 Å². The zero-order valence-electron chi connectivity index (χ0n) is 18.7. The fourth-order valence-electron chi connectivity index (χ4n) is 2.70. The van der Waals surface area contributed by atoms with E-state index in [0.29, 0.717) is 19.4 Å². The van der Waals surface area contributed by atoms with Gasteiger partial charge in [-0.25, -0.2) is 4.79 Å². The third kappa shape index (κ3) is 10.5. The maximum Gasteiger partial charge on any atom is 0.326 e. The second kappa shape index (κ2) is 14.3. The number of aliphatic carboxylic acids is 1. The third-order valence-corrected chi connectivity index (χ3v) is 4.67. The Morgan fingerprint density at radius 1 is 0.875 bits per heavy atom. The minimum Gasteiger partial charge on any atom is -0.480 e. The average molecular weight is 461 g/mol. The number of aliphatic hydroxyl groups is 1. The smallest absolute Gasteiger partial charge is 0.326 e. The van der Waals surface area contributed by atoms with Crippen LogP contribution in [0.2, 0.25) is 0 Å². The van der Waals surface area contributed by atoms with E-state index in [9.17, 15) is 34.2 Å². The zero-order valence-corrected chi connectivity index (χ0v) is 18.7. The molecule has 0 aliphatic rings. The summed E-state index contributed by atoms with van der Waals surface area (Å²) in [4.78, 5) is 60.4. The molecule has 0 aromatic heterocycles. The second-order valence-corrected chi connectivity index (χ2v) is 7.91. The zero-order chi connectivity index (χ0) is 25.0. The lowest BCUT2D eigenvalue weighted by Crippen LogP contribution is -2.59. The molecule has 0 aromatic rings. The number of amides is 4. The van der Waals surface area contributed by atoms with Crippen LogP contribution < -0.4 is 33.2 Å². The summed E-state index contributed by atoms with van der Waals surface area (Å²) in [7, 11) is 0. The first-order valence-electron chi connectivity index (χ1n) is 10.4. The van der Waals surface area contributed by atoms with Crippen LogP contribution in [0.25, 0.3) is 0 Å². The standard InChI is InChI=1S/C19H36N6O7/c1-9(2)15(19(31)32)25-17(29)12(8-13(21)27)24-16(28)11(6-4-5-7-20)23-18(30)14(22)10(3)26/h9-12,14-15,26H,4-8,20,22H2,1-3H3,(H2,21,27)(H,23,30)(H,24,28)(H,25,29)(H,31,32). The Kier molecular flexibility index (Phi) is 13.1. The van der Waals surface area contributed by atoms with Gasteiger partial charge < -0.3 is 43.4 Å². The van der Waals surface area contributed by atoms with Crippen LogP contribution in [-0.2, 0) is 24.0 Å². The minimum atomic E-state index is -1.46. The molecule has 0 fully saturated rings. The molecule has 5 atom stereocenters. The van der Waals surface area contributed by atoms with Crippen LogP contribution in [0.1, 0.15) is 46.5 Å². The van der Waals surface area contributed by atoms with Gasteiger partial charge in [0.25, 0.3) is 0 Å². The molecule has 184 valence electrons. The number of carboxylic acids is 1. The highest BCUT2D eigenvalue weighted by Gasteiger charge is 2.32. The maximum absolute atomic E-state index is 12.8. The van der Waals surface area contributed by atoms with Crippen LogP contribution in [0.5, 0.6) is 0 Å². The van der Waals surface area contributed by atoms with Crippen molar-refractivity contribution in [2.45, 2.75) is 76.7 Å². The molecule has 5 unspecified atom stereocenters. The number of hydrogen-bond donors (Lipinski definition) is 8. The van der Waals surface area contributed by atoms with Crippen LogP contribution >= 0.6 is 0 Å². The summed E-state index contributed by atoms with van der Waals surface area (Å²) in [5.41, 5.74) is 16.2. The monoisotopic (exact) mass is 460 g/mol. The van der Waals surface area contributed by atoms with Gasteiger partial charge in [0.2, 0.25) is 23.6 Å². The summed E-state index contributed by atoms with van der Waals surface area (Å²) in [5.74, 6) is -5.14. The molecule has 32 heavy (non-hydrogen) atoms. The quantitative estimate of drug-likeness (QED) is 0.115. The van der Waals surface area contributed by atoms with E-state index >= 15 is 0 Å². The second-order valence-electron chi connectivity index (χ2n) is 7.91. The van der Waals surface area contributed by atoms with Crippen LogP contribution in [0.3, 0.4) is 0 Å². The van der Waals surface area contributed by atoms with Crippen molar-refractivity contribution in [2.24, 2.45) is 23.1 Å². The number of nitrogens with two attached hydrogens (primary N) is 3. The Balaban J connectivity index is 5.52. The van der Waals surface area contributed by atoms with Gasteiger partial charge >= 0.3 is 5.97 Å². The van der Waals surface area contributed by atoms with Crippen LogP contribution in [-0.4, -0.2) is 76.6 Å². The van der Waals surface area contributed by atoms with Crippen molar-refractivity contribution in [1.29, 1.82) is 0 Å². The van der Waals surface area contributed by atoms with Gasteiger partial charge in [0.15, 0.2) is 0 Å². The van der Waals surface area contributed by atoms with Gasteiger partial charge in [-0.2, -0.15) is 0 Å². The lowest BCUT2D eigenvalue weighted by Gasteiger charge is -2.26. The van der Waals surface area contributed by atoms with E-state index in [-0.39, 0.29) is 6.42 Å². The van der Waals surface area contributed by atoms with Gasteiger partial charge in [-0.1, -0.05) is 13.8 Å². The summed E-state index contributed by atoms with van der Waals surface area (Å²) in [6.45, 7) is 4.83. The number of aliphatic hydroxyl groups excluding tert-OH is 1.